The molecule has 1 aliphatic rings. The molecule has 0 amide bonds. The molecule has 57 heavy (non-hydrogen) atoms. The van der Waals surface area contributed by atoms with Crippen molar-refractivity contribution in [2.75, 3.05) is 0 Å². The second-order valence-corrected chi connectivity index (χ2v) is 23.1. The van der Waals surface area contributed by atoms with Gasteiger partial charge >= 0.3 is 0 Å². The van der Waals surface area contributed by atoms with E-state index in [-0.39, 0.29) is 50.4 Å². The molecule has 0 bridgehead atoms. The highest BCUT2D eigenvalue weighted by Crippen LogP contribution is 2.46. The lowest BCUT2D eigenvalue weighted by Gasteiger charge is -2.37. The topological polar surface area (TPSA) is 88.3 Å². The summed E-state index contributed by atoms with van der Waals surface area (Å²) in [6.45, 7) is 45.3. The van der Waals surface area contributed by atoms with E-state index in [1.807, 2.05) is 5.12 Å². The number of phenols is 3. The van der Waals surface area contributed by atoms with Crippen LogP contribution in [0.1, 0.15) is 213 Å². The normalized spacial score (nSPS) is 16.5. The highest BCUT2D eigenvalue weighted by Gasteiger charge is 2.34. The Morgan fingerprint density at radius 3 is 0.982 bits per heavy atom. The monoisotopic (exact) mass is 780 g/mol. The molecule has 0 aliphatic carbocycles. The van der Waals surface area contributed by atoms with E-state index >= 15 is 0 Å². The molecule has 6 heteroatoms. The Kier molecular flexibility index (Phi) is 12.1. The second kappa shape index (κ2) is 15.0. The van der Waals surface area contributed by atoms with Crippen LogP contribution in [0.5, 0.6) is 17.2 Å². The summed E-state index contributed by atoms with van der Waals surface area (Å²) < 4.78 is 0. The summed E-state index contributed by atoms with van der Waals surface area (Å²) in [5, 5.41) is 42.2. The predicted molar refractivity (Wildman–Crippen MR) is 242 cm³/mol. The lowest BCUT2D eigenvalue weighted by molar-refractivity contribution is 0.153. The van der Waals surface area contributed by atoms with E-state index in [4.69, 9.17) is 5.10 Å². The SMILES string of the molecule is CC(C1=CC(C(C)c2cc(C(C)(C)C)c(O)c(C(C)(C)C)c2)=NN(C(C)c2cc(C(C)(C)C)c(O)c(C(C)(C)C)c2)N1)c1cc(C(C)(C)C)c(O)c(C(C)(C)C)c1. The molecule has 4 N–H and O–H groups in total. The largest absolute Gasteiger partial charge is 0.507 e. The molecule has 3 atom stereocenters. The molecule has 0 saturated carbocycles. The molecule has 0 radical (unpaired) electrons. The van der Waals surface area contributed by atoms with Crippen molar-refractivity contribution in [3.05, 3.63) is 98.2 Å². The average Bonchev–Trinajstić information content (AvgIpc) is 3.04. The molecule has 0 fully saturated rings. The van der Waals surface area contributed by atoms with Gasteiger partial charge in [0.05, 0.1) is 11.8 Å². The summed E-state index contributed by atoms with van der Waals surface area (Å²) in [4.78, 5) is 0. The minimum absolute atomic E-state index is 0.0784. The Labute approximate surface area is 346 Å². The molecule has 6 nitrogen and oxygen atoms in total. The molecule has 4 rings (SSSR count). The van der Waals surface area contributed by atoms with Crippen LogP contribution in [0.3, 0.4) is 0 Å². The molecule has 3 aromatic rings. The number of allylic oxidation sites excluding steroid dienone is 2. The third-order valence-electron chi connectivity index (χ3n) is 11.8. The molecule has 3 unspecified atom stereocenters. The van der Waals surface area contributed by atoms with Gasteiger partial charge in [-0.3, -0.25) is 5.43 Å². The Morgan fingerprint density at radius 1 is 0.439 bits per heavy atom. The molecule has 0 saturated heterocycles. The van der Waals surface area contributed by atoms with Crippen LogP contribution in [-0.2, 0) is 32.5 Å². The molecule has 0 spiro atoms. The fraction of sp³-hybridized carbons (Fsp3) is 0.588. The minimum atomic E-state index is -0.277. The summed E-state index contributed by atoms with van der Waals surface area (Å²) in [7, 11) is 0. The number of hydrazine groups is 1. The highest BCUT2D eigenvalue weighted by molar-refractivity contribution is 6.01. The van der Waals surface area contributed by atoms with Crippen molar-refractivity contribution in [3.8, 4) is 17.2 Å². The number of benzene rings is 3. The summed E-state index contributed by atoms with van der Waals surface area (Å²) >= 11 is 0. The van der Waals surface area contributed by atoms with Gasteiger partial charge in [-0.05, 0) is 108 Å². The maximum atomic E-state index is 11.6. The summed E-state index contributed by atoms with van der Waals surface area (Å²) in [5.74, 6) is 0.905. The average molecular weight is 780 g/mol. The number of hydrogen-bond donors (Lipinski definition) is 4. The molecule has 1 heterocycles. The van der Waals surface area contributed by atoms with Crippen molar-refractivity contribution in [1.82, 2.24) is 10.5 Å². The first-order chi connectivity index (χ1) is 25.5. The fourth-order valence-electron chi connectivity index (χ4n) is 7.75. The van der Waals surface area contributed by atoms with E-state index in [0.717, 1.165) is 61.5 Å². The van der Waals surface area contributed by atoms with E-state index < -0.39 is 0 Å². The zero-order chi connectivity index (χ0) is 43.8. The predicted octanol–water partition coefficient (Wildman–Crippen LogP) is 13.3. The minimum Gasteiger partial charge on any atom is -0.507 e. The Hall–Kier alpha value is -3.93. The smallest absolute Gasteiger partial charge is 0.123 e. The zero-order valence-electron chi connectivity index (χ0n) is 39.5. The quantitative estimate of drug-likeness (QED) is 0.200. The van der Waals surface area contributed by atoms with Gasteiger partial charge in [-0.1, -0.05) is 163 Å². The van der Waals surface area contributed by atoms with Crippen molar-refractivity contribution in [3.63, 3.8) is 0 Å². The lowest BCUT2D eigenvalue weighted by atomic mass is 9.76. The molecule has 1 aliphatic heterocycles. The summed E-state index contributed by atoms with van der Waals surface area (Å²) in [6.07, 6.45) is 2.21. The maximum Gasteiger partial charge on any atom is 0.123 e. The van der Waals surface area contributed by atoms with Gasteiger partial charge in [0.15, 0.2) is 0 Å². The summed E-state index contributed by atoms with van der Waals surface area (Å²) in [5.41, 5.74) is 12.9. The third-order valence-corrected chi connectivity index (χ3v) is 11.8. The Morgan fingerprint density at radius 2 is 0.702 bits per heavy atom. The van der Waals surface area contributed by atoms with Gasteiger partial charge in [0.2, 0.25) is 0 Å². The van der Waals surface area contributed by atoms with Crippen molar-refractivity contribution < 1.29 is 15.3 Å². The van der Waals surface area contributed by atoms with Crippen molar-refractivity contribution in [1.29, 1.82) is 0 Å². The van der Waals surface area contributed by atoms with Crippen LogP contribution in [0.4, 0.5) is 0 Å². The number of hydrogen-bond acceptors (Lipinski definition) is 6. The highest BCUT2D eigenvalue weighted by atomic mass is 16.3. The second-order valence-electron chi connectivity index (χ2n) is 23.1. The lowest BCUT2D eigenvalue weighted by Crippen LogP contribution is -2.41. The van der Waals surface area contributed by atoms with Crippen LogP contribution in [0.25, 0.3) is 0 Å². The van der Waals surface area contributed by atoms with Gasteiger partial charge in [0, 0.05) is 17.5 Å². The number of nitrogens with one attached hydrogen (secondary N) is 1. The van der Waals surface area contributed by atoms with E-state index in [1.165, 1.54) is 0 Å². The zero-order valence-corrected chi connectivity index (χ0v) is 39.5. The van der Waals surface area contributed by atoms with Crippen LogP contribution >= 0.6 is 0 Å². The van der Waals surface area contributed by atoms with E-state index in [0.29, 0.717) is 17.2 Å². The number of phenolic OH excluding ortho intramolecular Hbond substituents is 3. The van der Waals surface area contributed by atoms with Gasteiger partial charge in [0.25, 0.3) is 0 Å². The number of aromatic hydroxyl groups is 3. The van der Waals surface area contributed by atoms with Crippen molar-refractivity contribution in [2.45, 2.75) is 196 Å². The van der Waals surface area contributed by atoms with Crippen LogP contribution in [0.15, 0.2) is 53.3 Å². The van der Waals surface area contributed by atoms with E-state index in [9.17, 15) is 15.3 Å². The van der Waals surface area contributed by atoms with E-state index in [1.54, 1.807) is 0 Å². The Balaban J connectivity index is 2.01. The number of hydrazone groups is 1. The molecular formula is C51H77N3O3. The number of rotatable bonds is 6. The van der Waals surface area contributed by atoms with Gasteiger partial charge in [-0.2, -0.15) is 5.10 Å². The maximum absolute atomic E-state index is 11.6. The summed E-state index contributed by atoms with van der Waals surface area (Å²) in [6, 6.07) is 12.8. The van der Waals surface area contributed by atoms with Gasteiger partial charge in [-0.15, -0.1) is 0 Å². The molecule has 314 valence electrons. The van der Waals surface area contributed by atoms with Gasteiger partial charge in [0.1, 0.15) is 17.2 Å². The first-order valence-corrected chi connectivity index (χ1v) is 21.0. The van der Waals surface area contributed by atoms with Gasteiger partial charge < -0.3 is 15.3 Å². The molecule has 3 aromatic carbocycles. The van der Waals surface area contributed by atoms with Crippen LogP contribution in [0.2, 0.25) is 0 Å². The first-order valence-electron chi connectivity index (χ1n) is 21.0. The van der Waals surface area contributed by atoms with E-state index in [2.05, 4.69) is 193 Å². The third kappa shape index (κ3) is 9.69. The van der Waals surface area contributed by atoms with Crippen LogP contribution in [0, 0.1) is 0 Å². The van der Waals surface area contributed by atoms with Gasteiger partial charge in [-0.25, -0.2) is 5.12 Å². The molecular weight excluding hydrogens is 703 g/mol. The standard InChI is InChI=1S/C51H77N3O3/c1-29(32-22-35(46(4,5)6)43(55)36(23-32)47(7,8)9)41-28-42(30(2)33-24-37(48(10,11)12)44(56)38(25-33)49(13,14)15)53-54(52-41)31(3)34-26-39(50(16,17)18)45(57)40(27-34)51(19,20)21/h22-31,52,55-57H,1-21H3. The fourth-order valence-corrected chi connectivity index (χ4v) is 7.75. The molecule has 0 aromatic heterocycles. The number of nitrogens with zero attached hydrogens (tertiary/aromatic N) is 2. The Bertz CT molecular complexity index is 1940. The van der Waals surface area contributed by atoms with Crippen LogP contribution in [-0.4, -0.2) is 26.1 Å². The van der Waals surface area contributed by atoms with Crippen molar-refractivity contribution >= 4 is 5.71 Å². The van der Waals surface area contributed by atoms with Crippen molar-refractivity contribution in [2.24, 2.45) is 5.10 Å². The first kappa shape index (κ1) is 45.8. The van der Waals surface area contributed by atoms with Crippen LogP contribution < -0.4 is 5.43 Å².